The minimum absolute atomic E-state index is 0.0706. The normalized spacial score (nSPS) is 35.7. The van der Waals surface area contributed by atoms with Gasteiger partial charge in [0.15, 0.2) is 0 Å². The topological polar surface area (TPSA) is 40.5 Å². The van der Waals surface area contributed by atoms with E-state index >= 15 is 0 Å². The van der Waals surface area contributed by atoms with Crippen LogP contribution in [-0.4, -0.2) is 17.2 Å². The van der Waals surface area contributed by atoms with E-state index in [1.54, 1.807) is 0 Å². The molecule has 2 N–H and O–H groups in total. The summed E-state index contributed by atoms with van der Waals surface area (Å²) < 4.78 is 0. The molecule has 1 rings (SSSR count). The van der Waals surface area contributed by atoms with Crippen molar-refractivity contribution in [1.82, 2.24) is 0 Å². The van der Waals surface area contributed by atoms with E-state index in [1.165, 1.54) is 0 Å². The first kappa shape index (κ1) is 9.08. The van der Waals surface area contributed by atoms with Crippen molar-refractivity contribution in [3.05, 3.63) is 0 Å². The molecular formula is C8H17BO2. The van der Waals surface area contributed by atoms with Gasteiger partial charge in [-0.2, -0.15) is 0 Å². The van der Waals surface area contributed by atoms with Crippen LogP contribution < -0.4 is 0 Å². The van der Waals surface area contributed by atoms with Crippen LogP contribution in [-0.2, 0) is 0 Å². The number of hydrogen-bond acceptors (Lipinski definition) is 2. The first-order valence-corrected chi connectivity index (χ1v) is 4.26. The first-order valence-electron chi connectivity index (χ1n) is 4.26. The quantitative estimate of drug-likeness (QED) is 0.563. The van der Waals surface area contributed by atoms with Crippen molar-refractivity contribution in [3.8, 4) is 0 Å². The predicted octanol–water partition coefficient (Wildman–Crippen LogP) is 1.43. The van der Waals surface area contributed by atoms with Crippen LogP contribution in [0.5, 0.6) is 0 Å². The van der Waals surface area contributed by atoms with Gasteiger partial charge in [-0.05, 0) is 18.3 Å². The molecule has 0 unspecified atom stereocenters. The highest BCUT2D eigenvalue weighted by Gasteiger charge is 2.52. The van der Waals surface area contributed by atoms with Gasteiger partial charge in [-0.25, -0.2) is 0 Å². The molecule has 3 heteroatoms. The molecule has 0 aliphatic heterocycles. The van der Waals surface area contributed by atoms with E-state index in [4.69, 9.17) is 0 Å². The molecule has 0 heterocycles. The van der Waals surface area contributed by atoms with Crippen LogP contribution >= 0.6 is 0 Å². The van der Waals surface area contributed by atoms with Gasteiger partial charge >= 0.3 is 7.12 Å². The molecule has 0 aromatic carbocycles. The maximum atomic E-state index is 9.20. The molecule has 0 radical (unpaired) electrons. The van der Waals surface area contributed by atoms with Crippen molar-refractivity contribution < 1.29 is 10.0 Å². The Morgan fingerprint density at radius 2 is 1.64 bits per heavy atom. The van der Waals surface area contributed by atoms with Crippen LogP contribution in [0.3, 0.4) is 0 Å². The fourth-order valence-corrected chi connectivity index (χ4v) is 2.00. The van der Waals surface area contributed by atoms with Crippen molar-refractivity contribution in [2.75, 3.05) is 0 Å². The lowest BCUT2D eigenvalue weighted by Crippen LogP contribution is -2.38. The highest BCUT2D eigenvalue weighted by Crippen LogP contribution is 2.58. The van der Waals surface area contributed by atoms with Gasteiger partial charge in [0.2, 0.25) is 0 Å². The fraction of sp³-hybridized carbons (Fsp3) is 1.00. The van der Waals surface area contributed by atoms with Gasteiger partial charge in [-0.1, -0.05) is 27.2 Å². The SMILES string of the molecule is CC1(C)CCC[C@@]1(C)B(O)O. The molecule has 0 aromatic heterocycles. The zero-order valence-corrected chi connectivity index (χ0v) is 7.59. The Hall–Kier alpha value is -0.0151. The van der Waals surface area contributed by atoms with E-state index in [0.29, 0.717) is 0 Å². The van der Waals surface area contributed by atoms with Crippen LogP contribution in [0.1, 0.15) is 40.0 Å². The van der Waals surface area contributed by atoms with E-state index < -0.39 is 7.12 Å². The smallest absolute Gasteiger partial charge is 0.427 e. The summed E-state index contributed by atoms with van der Waals surface area (Å²) in [5.41, 5.74) is 0.0706. The molecule has 0 saturated heterocycles. The molecule has 0 spiro atoms. The molecule has 2 nitrogen and oxygen atoms in total. The van der Waals surface area contributed by atoms with Gasteiger partial charge in [0.1, 0.15) is 0 Å². The van der Waals surface area contributed by atoms with E-state index in [2.05, 4.69) is 13.8 Å². The van der Waals surface area contributed by atoms with Crippen molar-refractivity contribution in [1.29, 1.82) is 0 Å². The molecule has 0 aromatic rings. The van der Waals surface area contributed by atoms with Gasteiger partial charge in [-0.3, -0.25) is 0 Å². The van der Waals surface area contributed by atoms with Gasteiger partial charge < -0.3 is 10.0 Å². The van der Waals surface area contributed by atoms with Gasteiger partial charge in [0.25, 0.3) is 0 Å². The monoisotopic (exact) mass is 156 g/mol. The summed E-state index contributed by atoms with van der Waals surface area (Å²) in [5.74, 6) is 0. The second-order valence-electron chi connectivity index (χ2n) is 4.53. The Kier molecular flexibility index (Phi) is 2.06. The van der Waals surface area contributed by atoms with Crippen LogP contribution in [0, 0.1) is 5.41 Å². The molecule has 1 aliphatic carbocycles. The maximum absolute atomic E-state index is 9.20. The van der Waals surface area contributed by atoms with E-state index in [9.17, 15) is 10.0 Å². The molecule has 64 valence electrons. The second-order valence-corrected chi connectivity index (χ2v) is 4.53. The average molecular weight is 156 g/mol. The maximum Gasteiger partial charge on any atom is 0.458 e. The van der Waals surface area contributed by atoms with Crippen LogP contribution in [0.4, 0.5) is 0 Å². The summed E-state index contributed by atoms with van der Waals surface area (Å²) in [6.07, 6.45) is 3.14. The minimum atomic E-state index is -1.17. The van der Waals surface area contributed by atoms with Crippen molar-refractivity contribution >= 4 is 7.12 Å². The summed E-state index contributed by atoms with van der Waals surface area (Å²) in [7, 11) is -1.17. The highest BCUT2D eigenvalue weighted by molar-refractivity contribution is 6.45. The van der Waals surface area contributed by atoms with Crippen molar-refractivity contribution in [2.24, 2.45) is 5.41 Å². The standard InChI is InChI=1S/C8H17BO2/c1-7(2)5-4-6-8(7,3)9(10)11/h10-11H,4-6H2,1-3H3/t8-/m1/s1. The third-order valence-corrected chi connectivity index (χ3v) is 3.61. The van der Waals surface area contributed by atoms with Gasteiger partial charge in [0, 0.05) is 5.31 Å². The van der Waals surface area contributed by atoms with Gasteiger partial charge in [0.05, 0.1) is 0 Å². The number of rotatable bonds is 1. The molecule has 1 atom stereocenters. The first-order chi connectivity index (χ1) is 4.90. The lowest BCUT2D eigenvalue weighted by molar-refractivity contribution is 0.228. The molecule has 0 bridgehead atoms. The second kappa shape index (κ2) is 2.49. The van der Waals surface area contributed by atoms with Crippen molar-refractivity contribution in [2.45, 2.75) is 45.3 Å². The molecule has 0 amide bonds. The summed E-state index contributed by atoms with van der Waals surface area (Å²) >= 11 is 0. The highest BCUT2D eigenvalue weighted by atomic mass is 16.4. The van der Waals surface area contributed by atoms with Crippen molar-refractivity contribution in [3.63, 3.8) is 0 Å². The minimum Gasteiger partial charge on any atom is -0.427 e. The fourth-order valence-electron chi connectivity index (χ4n) is 2.00. The van der Waals surface area contributed by atoms with E-state index in [-0.39, 0.29) is 10.7 Å². The van der Waals surface area contributed by atoms with E-state index in [0.717, 1.165) is 19.3 Å². The third-order valence-electron chi connectivity index (χ3n) is 3.61. The van der Waals surface area contributed by atoms with Crippen LogP contribution in [0.2, 0.25) is 5.31 Å². The Morgan fingerprint density at radius 1 is 1.09 bits per heavy atom. The Bertz CT molecular complexity index is 156. The summed E-state index contributed by atoms with van der Waals surface area (Å²) in [6.45, 7) is 6.18. The molecule has 11 heavy (non-hydrogen) atoms. The molecule has 1 fully saturated rings. The molecular weight excluding hydrogens is 139 g/mol. The molecule has 1 saturated carbocycles. The zero-order valence-electron chi connectivity index (χ0n) is 7.59. The Balaban J connectivity index is 2.84. The Labute approximate surface area is 68.8 Å². The largest absolute Gasteiger partial charge is 0.458 e. The lowest BCUT2D eigenvalue weighted by atomic mass is 9.49. The average Bonchev–Trinajstić information content (AvgIpc) is 2.09. The summed E-state index contributed by atoms with van der Waals surface area (Å²) in [4.78, 5) is 0. The zero-order chi connectivity index (χ0) is 8.70. The number of hydrogen-bond donors (Lipinski definition) is 2. The molecule has 1 aliphatic rings. The van der Waals surface area contributed by atoms with E-state index in [1.807, 2.05) is 6.92 Å². The summed E-state index contributed by atoms with van der Waals surface area (Å²) in [5, 5.41) is 18.1. The van der Waals surface area contributed by atoms with Gasteiger partial charge in [-0.15, -0.1) is 0 Å². The third kappa shape index (κ3) is 1.21. The van der Waals surface area contributed by atoms with Crippen LogP contribution in [0.25, 0.3) is 0 Å². The Morgan fingerprint density at radius 3 is 1.82 bits per heavy atom. The lowest BCUT2D eigenvalue weighted by Gasteiger charge is -2.37. The predicted molar refractivity (Wildman–Crippen MR) is 46.2 cm³/mol. The summed E-state index contributed by atoms with van der Waals surface area (Å²) in [6, 6.07) is 0. The van der Waals surface area contributed by atoms with Crippen LogP contribution in [0.15, 0.2) is 0 Å².